The Morgan fingerprint density at radius 1 is 0.952 bits per heavy atom. The third-order valence-electron chi connectivity index (χ3n) is 4.36. The van der Waals surface area contributed by atoms with Gasteiger partial charge in [-0.25, -0.2) is 0 Å². The fraction of sp³-hybridized carbons (Fsp3) is 0.412. The standard InChI is InChI=1S/C17H19N3O/c1-2-7-15-13(4-1)5-3-6-14-12-16(18-19-17(14)15)20-8-10-21-11-9-20/h1-2,4,7,12H,3,5-6,8-11H2. The zero-order valence-corrected chi connectivity index (χ0v) is 12.1. The van der Waals surface area contributed by atoms with Gasteiger partial charge in [0.2, 0.25) is 0 Å². The molecule has 1 aliphatic heterocycles. The van der Waals surface area contributed by atoms with E-state index < -0.39 is 0 Å². The number of benzene rings is 1. The van der Waals surface area contributed by atoms with Crippen LogP contribution in [0.5, 0.6) is 0 Å². The maximum atomic E-state index is 5.41. The molecule has 108 valence electrons. The SMILES string of the molecule is c1ccc2c(c1)CCCc1cc(N3CCOCC3)nnc1-2. The topological polar surface area (TPSA) is 38.2 Å². The van der Waals surface area contributed by atoms with Gasteiger partial charge < -0.3 is 9.64 Å². The van der Waals surface area contributed by atoms with E-state index in [2.05, 4.69) is 45.4 Å². The maximum absolute atomic E-state index is 5.41. The molecular weight excluding hydrogens is 262 g/mol. The predicted molar refractivity (Wildman–Crippen MR) is 82.5 cm³/mol. The van der Waals surface area contributed by atoms with Crippen molar-refractivity contribution in [1.29, 1.82) is 0 Å². The normalized spacial score (nSPS) is 17.8. The Hall–Kier alpha value is -1.94. The molecule has 0 unspecified atom stereocenters. The zero-order valence-electron chi connectivity index (χ0n) is 12.1. The van der Waals surface area contributed by atoms with Crippen LogP contribution in [0, 0.1) is 0 Å². The first-order valence-corrected chi connectivity index (χ1v) is 7.69. The Bertz CT molecular complexity index is 650. The molecule has 4 rings (SSSR count). The summed E-state index contributed by atoms with van der Waals surface area (Å²) in [6.45, 7) is 3.37. The van der Waals surface area contributed by atoms with Gasteiger partial charge in [-0.2, -0.15) is 0 Å². The molecule has 4 nitrogen and oxygen atoms in total. The van der Waals surface area contributed by atoms with Crippen LogP contribution in [0.15, 0.2) is 30.3 Å². The number of aryl methyl sites for hydroxylation is 2. The van der Waals surface area contributed by atoms with Gasteiger partial charge in [0, 0.05) is 18.7 Å². The molecule has 0 atom stereocenters. The lowest BCUT2D eigenvalue weighted by Gasteiger charge is -2.27. The van der Waals surface area contributed by atoms with Crippen molar-refractivity contribution in [2.24, 2.45) is 0 Å². The van der Waals surface area contributed by atoms with Crippen LogP contribution in [0.1, 0.15) is 17.5 Å². The summed E-state index contributed by atoms with van der Waals surface area (Å²) in [5.41, 5.74) is 5.05. The highest BCUT2D eigenvalue weighted by molar-refractivity contribution is 5.68. The number of nitrogens with zero attached hydrogens (tertiary/aromatic N) is 3. The summed E-state index contributed by atoms with van der Waals surface area (Å²) < 4.78 is 5.41. The molecule has 2 aliphatic rings. The summed E-state index contributed by atoms with van der Waals surface area (Å²) in [5.74, 6) is 0.997. The Morgan fingerprint density at radius 2 is 1.76 bits per heavy atom. The van der Waals surface area contributed by atoms with Crippen molar-refractivity contribution in [2.75, 3.05) is 31.2 Å². The van der Waals surface area contributed by atoms with Crippen molar-refractivity contribution >= 4 is 5.82 Å². The zero-order chi connectivity index (χ0) is 14.1. The van der Waals surface area contributed by atoms with Crippen LogP contribution >= 0.6 is 0 Å². The number of fused-ring (bicyclic) bond motifs is 3. The second kappa shape index (κ2) is 5.45. The van der Waals surface area contributed by atoms with Gasteiger partial charge in [-0.1, -0.05) is 24.3 Å². The van der Waals surface area contributed by atoms with E-state index in [1.54, 1.807) is 0 Å². The molecular formula is C17H19N3O. The van der Waals surface area contributed by atoms with Crippen LogP contribution in [-0.4, -0.2) is 36.5 Å². The number of rotatable bonds is 1. The van der Waals surface area contributed by atoms with Crippen molar-refractivity contribution in [2.45, 2.75) is 19.3 Å². The fourth-order valence-electron chi connectivity index (χ4n) is 3.22. The van der Waals surface area contributed by atoms with Crippen LogP contribution in [0.3, 0.4) is 0 Å². The van der Waals surface area contributed by atoms with Gasteiger partial charge in [0.05, 0.1) is 18.9 Å². The van der Waals surface area contributed by atoms with Crippen LogP contribution in [0.2, 0.25) is 0 Å². The number of aromatic nitrogens is 2. The minimum atomic E-state index is 0.779. The molecule has 0 radical (unpaired) electrons. The summed E-state index contributed by atoms with van der Waals surface area (Å²) in [4.78, 5) is 2.27. The predicted octanol–water partition coefficient (Wildman–Crippen LogP) is 2.47. The average Bonchev–Trinajstić information content (AvgIpc) is 2.74. The van der Waals surface area contributed by atoms with Crippen LogP contribution < -0.4 is 4.90 Å². The molecule has 1 fully saturated rings. The highest BCUT2D eigenvalue weighted by Crippen LogP contribution is 2.31. The van der Waals surface area contributed by atoms with Gasteiger partial charge in [-0.05, 0) is 36.5 Å². The van der Waals surface area contributed by atoms with E-state index in [0.29, 0.717) is 0 Å². The number of hydrogen-bond donors (Lipinski definition) is 0. The Labute approximate surface area is 124 Å². The number of anilines is 1. The van der Waals surface area contributed by atoms with Crippen molar-refractivity contribution in [3.05, 3.63) is 41.5 Å². The average molecular weight is 281 g/mol. The highest BCUT2D eigenvalue weighted by atomic mass is 16.5. The maximum Gasteiger partial charge on any atom is 0.151 e. The molecule has 0 spiro atoms. The first kappa shape index (κ1) is 12.8. The quantitative estimate of drug-likeness (QED) is 0.805. The van der Waals surface area contributed by atoms with Gasteiger partial charge in [-0.3, -0.25) is 0 Å². The minimum Gasteiger partial charge on any atom is -0.378 e. The van der Waals surface area contributed by atoms with E-state index in [0.717, 1.165) is 50.7 Å². The Morgan fingerprint density at radius 3 is 2.67 bits per heavy atom. The first-order chi connectivity index (χ1) is 10.4. The number of hydrogen-bond acceptors (Lipinski definition) is 4. The van der Waals surface area contributed by atoms with E-state index in [1.807, 2.05) is 0 Å². The molecule has 0 saturated carbocycles. The molecule has 0 amide bonds. The third-order valence-corrected chi connectivity index (χ3v) is 4.36. The van der Waals surface area contributed by atoms with E-state index in [9.17, 15) is 0 Å². The fourth-order valence-corrected chi connectivity index (χ4v) is 3.22. The second-order valence-corrected chi connectivity index (χ2v) is 5.69. The van der Waals surface area contributed by atoms with Gasteiger partial charge in [0.25, 0.3) is 0 Å². The molecule has 1 aromatic carbocycles. The summed E-state index contributed by atoms with van der Waals surface area (Å²) in [7, 11) is 0. The monoisotopic (exact) mass is 281 g/mol. The lowest BCUT2D eigenvalue weighted by atomic mass is 10.0. The third kappa shape index (κ3) is 2.40. The summed E-state index contributed by atoms with van der Waals surface area (Å²) in [5, 5.41) is 9.04. The van der Waals surface area contributed by atoms with Crippen molar-refractivity contribution < 1.29 is 4.74 Å². The molecule has 1 saturated heterocycles. The van der Waals surface area contributed by atoms with Gasteiger partial charge in [0.15, 0.2) is 5.82 Å². The van der Waals surface area contributed by atoms with Crippen molar-refractivity contribution in [3.8, 4) is 11.3 Å². The van der Waals surface area contributed by atoms with Crippen molar-refractivity contribution in [1.82, 2.24) is 10.2 Å². The van der Waals surface area contributed by atoms with Crippen LogP contribution in [0.25, 0.3) is 11.3 Å². The van der Waals surface area contributed by atoms with Crippen molar-refractivity contribution in [3.63, 3.8) is 0 Å². The van der Waals surface area contributed by atoms with Crippen LogP contribution in [-0.2, 0) is 17.6 Å². The number of ether oxygens (including phenoxy) is 1. The van der Waals surface area contributed by atoms with Gasteiger partial charge in [-0.15, -0.1) is 10.2 Å². The molecule has 1 aromatic heterocycles. The largest absolute Gasteiger partial charge is 0.378 e. The number of morpholine rings is 1. The molecule has 2 heterocycles. The van der Waals surface area contributed by atoms with Gasteiger partial charge in [0.1, 0.15) is 0 Å². The minimum absolute atomic E-state index is 0.779. The molecule has 21 heavy (non-hydrogen) atoms. The molecule has 0 bridgehead atoms. The van der Waals surface area contributed by atoms with E-state index in [-0.39, 0.29) is 0 Å². The van der Waals surface area contributed by atoms with E-state index in [1.165, 1.54) is 23.1 Å². The lowest BCUT2D eigenvalue weighted by Crippen LogP contribution is -2.37. The smallest absolute Gasteiger partial charge is 0.151 e. The molecule has 0 N–H and O–H groups in total. The van der Waals surface area contributed by atoms with Gasteiger partial charge >= 0.3 is 0 Å². The lowest BCUT2D eigenvalue weighted by molar-refractivity contribution is 0.122. The van der Waals surface area contributed by atoms with E-state index >= 15 is 0 Å². The second-order valence-electron chi connectivity index (χ2n) is 5.69. The van der Waals surface area contributed by atoms with E-state index in [4.69, 9.17) is 4.74 Å². The first-order valence-electron chi connectivity index (χ1n) is 7.69. The summed E-state index contributed by atoms with van der Waals surface area (Å²) in [6.07, 6.45) is 3.38. The molecule has 2 aromatic rings. The highest BCUT2D eigenvalue weighted by Gasteiger charge is 2.19. The molecule has 4 heteroatoms. The molecule has 1 aliphatic carbocycles. The summed E-state index contributed by atoms with van der Waals surface area (Å²) >= 11 is 0. The van der Waals surface area contributed by atoms with Crippen LogP contribution in [0.4, 0.5) is 5.82 Å². The Kier molecular flexibility index (Phi) is 3.31. The summed E-state index contributed by atoms with van der Waals surface area (Å²) in [6, 6.07) is 10.8. The Balaban J connectivity index is 1.74.